The van der Waals surface area contributed by atoms with Crippen molar-refractivity contribution in [2.24, 2.45) is 7.05 Å². The molecular weight excluding hydrogens is 197 g/mol. The summed E-state index contributed by atoms with van der Waals surface area (Å²) in [5, 5.41) is 0.541. The molecule has 0 saturated heterocycles. The number of fused-ring (bicyclic) bond motifs is 1. The Labute approximate surface area is 84.8 Å². The SMILES string of the molecule is Cn1c(=O)c(C=O)cc2cc(F)ccc21. The average Bonchev–Trinajstić information content (AvgIpc) is 2.23. The van der Waals surface area contributed by atoms with E-state index >= 15 is 0 Å². The van der Waals surface area contributed by atoms with Crippen molar-refractivity contribution >= 4 is 17.2 Å². The minimum atomic E-state index is -0.391. The molecule has 2 rings (SSSR count). The first-order chi connectivity index (χ1) is 7.13. The Hall–Kier alpha value is -1.97. The van der Waals surface area contributed by atoms with E-state index < -0.39 is 5.82 Å². The second-order valence-corrected chi connectivity index (χ2v) is 3.28. The van der Waals surface area contributed by atoms with Crippen LogP contribution in [0.4, 0.5) is 4.39 Å². The Morgan fingerprint density at radius 2 is 2.07 bits per heavy atom. The predicted molar refractivity (Wildman–Crippen MR) is 54.5 cm³/mol. The van der Waals surface area contributed by atoms with E-state index in [1.165, 1.54) is 28.8 Å². The quantitative estimate of drug-likeness (QED) is 0.661. The summed E-state index contributed by atoms with van der Waals surface area (Å²) < 4.78 is 14.3. The van der Waals surface area contributed by atoms with Crippen molar-refractivity contribution in [3.8, 4) is 0 Å². The Morgan fingerprint density at radius 3 is 2.73 bits per heavy atom. The van der Waals surface area contributed by atoms with Crippen LogP contribution in [0.3, 0.4) is 0 Å². The molecule has 0 unspecified atom stereocenters. The molecule has 76 valence electrons. The van der Waals surface area contributed by atoms with E-state index in [2.05, 4.69) is 0 Å². The van der Waals surface area contributed by atoms with Gasteiger partial charge in [-0.05, 0) is 24.3 Å². The van der Waals surface area contributed by atoms with Gasteiger partial charge in [0.25, 0.3) is 5.56 Å². The van der Waals surface area contributed by atoms with Crippen LogP contribution in [-0.4, -0.2) is 10.9 Å². The summed E-state index contributed by atoms with van der Waals surface area (Å²) in [7, 11) is 1.55. The fourth-order valence-electron chi connectivity index (χ4n) is 1.56. The summed E-state index contributed by atoms with van der Waals surface area (Å²) in [6, 6.07) is 5.48. The lowest BCUT2D eigenvalue weighted by molar-refractivity contribution is 0.112. The van der Waals surface area contributed by atoms with Gasteiger partial charge < -0.3 is 4.57 Å². The number of aromatic nitrogens is 1. The number of hydrogen-bond donors (Lipinski definition) is 0. The first-order valence-electron chi connectivity index (χ1n) is 4.38. The number of carbonyl (C=O) groups is 1. The lowest BCUT2D eigenvalue weighted by Gasteiger charge is -2.05. The van der Waals surface area contributed by atoms with Crippen molar-refractivity contribution in [1.82, 2.24) is 4.57 Å². The molecule has 1 aromatic heterocycles. The van der Waals surface area contributed by atoms with Gasteiger partial charge in [-0.25, -0.2) is 4.39 Å². The van der Waals surface area contributed by atoms with Crippen molar-refractivity contribution in [2.75, 3.05) is 0 Å². The van der Waals surface area contributed by atoms with Crippen molar-refractivity contribution in [3.63, 3.8) is 0 Å². The van der Waals surface area contributed by atoms with Crippen molar-refractivity contribution in [1.29, 1.82) is 0 Å². The second-order valence-electron chi connectivity index (χ2n) is 3.28. The zero-order valence-corrected chi connectivity index (χ0v) is 8.03. The molecule has 4 heteroatoms. The number of benzene rings is 1. The van der Waals surface area contributed by atoms with Gasteiger partial charge in [-0.3, -0.25) is 9.59 Å². The van der Waals surface area contributed by atoms with Gasteiger partial charge in [0.2, 0.25) is 0 Å². The highest BCUT2D eigenvalue weighted by atomic mass is 19.1. The summed E-state index contributed by atoms with van der Waals surface area (Å²) in [6.07, 6.45) is 0.479. The smallest absolute Gasteiger partial charge is 0.261 e. The molecule has 0 fully saturated rings. The summed E-state index contributed by atoms with van der Waals surface area (Å²) >= 11 is 0. The number of nitrogens with zero attached hydrogens (tertiary/aromatic N) is 1. The Bertz CT molecular complexity index is 601. The summed E-state index contributed by atoms with van der Waals surface area (Å²) in [4.78, 5) is 22.1. The molecule has 0 spiro atoms. The van der Waals surface area contributed by atoms with Gasteiger partial charge in [-0.15, -0.1) is 0 Å². The van der Waals surface area contributed by atoms with Crippen LogP contribution in [0.5, 0.6) is 0 Å². The van der Waals surface area contributed by atoms with Crippen LogP contribution < -0.4 is 5.56 Å². The highest BCUT2D eigenvalue weighted by molar-refractivity contribution is 5.86. The number of rotatable bonds is 1. The summed E-state index contributed by atoms with van der Waals surface area (Å²) in [5.74, 6) is -0.391. The standard InChI is InChI=1S/C11H8FNO2/c1-13-10-3-2-9(12)5-7(10)4-8(6-14)11(13)15/h2-6H,1H3. The van der Waals surface area contributed by atoms with Gasteiger partial charge in [0.1, 0.15) is 5.82 Å². The molecule has 0 aliphatic carbocycles. The van der Waals surface area contributed by atoms with Gasteiger partial charge in [0.15, 0.2) is 6.29 Å². The van der Waals surface area contributed by atoms with E-state index in [-0.39, 0.29) is 11.1 Å². The van der Waals surface area contributed by atoms with Gasteiger partial charge in [-0.2, -0.15) is 0 Å². The fraction of sp³-hybridized carbons (Fsp3) is 0.0909. The molecule has 0 bridgehead atoms. The number of pyridine rings is 1. The van der Waals surface area contributed by atoms with E-state index in [0.717, 1.165) is 0 Å². The van der Waals surface area contributed by atoms with Crippen LogP contribution in [-0.2, 0) is 7.05 Å². The lowest BCUT2D eigenvalue weighted by atomic mass is 10.1. The highest BCUT2D eigenvalue weighted by Gasteiger charge is 2.06. The largest absolute Gasteiger partial charge is 0.311 e. The molecule has 1 aromatic carbocycles. The number of carbonyl (C=O) groups excluding carboxylic acids is 1. The Morgan fingerprint density at radius 1 is 1.33 bits per heavy atom. The molecule has 0 atom stereocenters. The van der Waals surface area contributed by atoms with Crippen LogP contribution >= 0.6 is 0 Å². The van der Waals surface area contributed by atoms with Crippen molar-refractivity contribution in [2.45, 2.75) is 0 Å². The van der Waals surface area contributed by atoms with Crippen LogP contribution in [0.15, 0.2) is 29.1 Å². The van der Waals surface area contributed by atoms with E-state index in [9.17, 15) is 14.0 Å². The van der Waals surface area contributed by atoms with Crippen LogP contribution in [0.2, 0.25) is 0 Å². The average molecular weight is 205 g/mol. The molecule has 0 amide bonds. The molecule has 0 aliphatic rings. The summed E-state index contributed by atoms with van der Waals surface area (Å²) in [5.41, 5.74) is 0.270. The van der Waals surface area contributed by atoms with Gasteiger partial charge in [-0.1, -0.05) is 0 Å². The fourth-order valence-corrected chi connectivity index (χ4v) is 1.56. The molecule has 15 heavy (non-hydrogen) atoms. The third-order valence-electron chi connectivity index (χ3n) is 2.34. The first kappa shape index (κ1) is 9.58. The maximum absolute atomic E-state index is 12.9. The highest BCUT2D eigenvalue weighted by Crippen LogP contribution is 2.13. The normalized spacial score (nSPS) is 10.5. The van der Waals surface area contributed by atoms with E-state index in [4.69, 9.17) is 0 Å². The molecule has 0 saturated carbocycles. The van der Waals surface area contributed by atoms with Crippen LogP contribution in [0.1, 0.15) is 10.4 Å². The van der Waals surface area contributed by atoms with Crippen LogP contribution in [0.25, 0.3) is 10.9 Å². The Balaban J connectivity index is 2.97. The third-order valence-corrected chi connectivity index (χ3v) is 2.34. The molecule has 2 aromatic rings. The van der Waals surface area contributed by atoms with Crippen LogP contribution in [0, 0.1) is 5.82 Å². The molecule has 0 radical (unpaired) electrons. The molecule has 1 heterocycles. The summed E-state index contributed by atoms with van der Waals surface area (Å²) in [6.45, 7) is 0. The van der Waals surface area contributed by atoms with Gasteiger partial charge >= 0.3 is 0 Å². The third kappa shape index (κ3) is 1.44. The zero-order valence-electron chi connectivity index (χ0n) is 8.03. The Kier molecular flexibility index (Phi) is 2.11. The molecule has 0 N–H and O–H groups in total. The lowest BCUT2D eigenvalue weighted by Crippen LogP contribution is -2.20. The maximum atomic E-state index is 12.9. The van der Waals surface area contributed by atoms with Gasteiger partial charge in [0.05, 0.1) is 11.1 Å². The predicted octanol–water partition coefficient (Wildman–Crippen LogP) is 1.49. The van der Waals surface area contributed by atoms with E-state index in [0.29, 0.717) is 17.2 Å². The molecule has 3 nitrogen and oxygen atoms in total. The van der Waals surface area contributed by atoms with E-state index in [1.54, 1.807) is 7.05 Å². The maximum Gasteiger partial charge on any atom is 0.261 e. The van der Waals surface area contributed by atoms with Crippen molar-refractivity contribution < 1.29 is 9.18 Å². The van der Waals surface area contributed by atoms with Gasteiger partial charge in [0, 0.05) is 12.4 Å². The van der Waals surface area contributed by atoms with Crippen molar-refractivity contribution in [3.05, 3.63) is 46.0 Å². The number of aldehydes is 1. The minimum absolute atomic E-state index is 0.0376. The second kappa shape index (κ2) is 3.31. The topological polar surface area (TPSA) is 39.1 Å². The molecule has 0 aliphatic heterocycles. The zero-order chi connectivity index (χ0) is 11.0. The van der Waals surface area contributed by atoms with E-state index in [1.807, 2.05) is 0 Å². The first-order valence-corrected chi connectivity index (χ1v) is 4.38. The molecular formula is C11H8FNO2. The number of aryl methyl sites for hydroxylation is 1. The number of hydrogen-bond acceptors (Lipinski definition) is 2. The minimum Gasteiger partial charge on any atom is -0.311 e. The number of halogens is 1. The monoisotopic (exact) mass is 205 g/mol.